The number of hydrogen-bond donors (Lipinski definition) is 0. The van der Waals surface area contributed by atoms with E-state index < -0.39 is 12.0 Å². The molecule has 0 aliphatic carbocycles. The second-order valence-electron chi connectivity index (χ2n) is 2.59. The van der Waals surface area contributed by atoms with Crippen molar-refractivity contribution in [3.8, 4) is 6.07 Å². The number of hydrogen-bond acceptors (Lipinski definition) is 5. The summed E-state index contributed by atoms with van der Waals surface area (Å²) in [5.41, 5.74) is 0. The molecule has 0 bridgehead atoms. The number of nitrogens with zero attached hydrogens (tertiary/aromatic N) is 2. The summed E-state index contributed by atoms with van der Waals surface area (Å²) >= 11 is 0. The fourth-order valence-corrected chi connectivity index (χ4v) is 0.897. The highest BCUT2D eigenvalue weighted by molar-refractivity contribution is 5.84. The maximum absolute atomic E-state index is 11.2. The topological polar surface area (TPSA) is 71.7 Å². The molecule has 1 atom stereocenters. The Labute approximate surface area is 89.7 Å². The largest absolute Gasteiger partial charge is 0.481 e. The van der Waals surface area contributed by atoms with Gasteiger partial charge in [-0.2, -0.15) is 5.26 Å². The van der Waals surface area contributed by atoms with E-state index in [1.54, 1.807) is 13.0 Å². The quantitative estimate of drug-likeness (QED) is 0.391. The molecule has 1 unspecified atom stereocenters. The Balaban J connectivity index is 4.54. The van der Waals surface area contributed by atoms with Gasteiger partial charge in [0.25, 0.3) is 0 Å². The lowest BCUT2D eigenvalue weighted by atomic mass is 10.3. The third-order valence-corrected chi connectivity index (χ3v) is 1.52. The number of carbonyl (C=O) groups excluding carboxylic acids is 1. The van der Waals surface area contributed by atoms with Crippen LogP contribution < -0.4 is 0 Å². The van der Waals surface area contributed by atoms with E-state index in [1.165, 1.54) is 0 Å². The van der Waals surface area contributed by atoms with Crippen LogP contribution in [-0.4, -0.2) is 31.1 Å². The summed E-state index contributed by atoms with van der Waals surface area (Å²) < 4.78 is 9.84. The maximum Gasteiger partial charge on any atom is 0.345 e. The Morgan fingerprint density at radius 1 is 1.33 bits per heavy atom. The van der Waals surface area contributed by atoms with Crippen molar-refractivity contribution in [1.29, 1.82) is 5.26 Å². The molecule has 0 fully saturated rings. The van der Waals surface area contributed by atoms with Gasteiger partial charge in [-0.05, 0) is 13.8 Å². The van der Waals surface area contributed by atoms with Crippen molar-refractivity contribution in [2.24, 2.45) is 4.99 Å². The zero-order chi connectivity index (χ0) is 11.7. The summed E-state index contributed by atoms with van der Waals surface area (Å²) in [6.07, 6.45) is 0.547. The first-order chi connectivity index (χ1) is 7.19. The summed E-state index contributed by atoms with van der Waals surface area (Å²) in [7, 11) is 0. The monoisotopic (exact) mass is 212 g/mol. The van der Waals surface area contributed by atoms with E-state index in [4.69, 9.17) is 14.7 Å². The van der Waals surface area contributed by atoms with Gasteiger partial charge in [-0.15, -0.1) is 0 Å². The molecule has 0 saturated heterocycles. The minimum atomic E-state index is -1.12. The summed E-state index contributed by atoms with van der Waals surface area (Å²) in [6, 6.07) is 0.649. The van der Waals surface area contributed by atoms with Crippen LogP contribution in [0.25, 0.3) is 0 Å². The molecule has 0 aromatic carbocycles. The number of rotatable bonds is 5. The van der Waals surface area contributed by atoms with Crippen molar-refractivity contribution in [2.45, 2.75) is 33.2 Å². The summed E-state index contributed by atoms with van der Waals surface area (Å²) in [4.78, 5) is 15.1. The lowest BCUT2D eigenvalue weighted by Crippen LogP contribution is -2.22. The molecule has 0 N–H and O–H groups in total. The van der Waals surface area contributed by atoms with E-state index in [-0.39, 0.29) is 6.61 Å². The van der Waals surface area contributed by atoms with Gasteiger partial charge < -0.3 is 9.47 Å². The molecule has 0 aromatic rings. The molecule has 0 aliphatic heterocycles. The molecule has 0 spiro atoms. The highest BCUT2D eigenvalue weighted by atomic mass is 16.5. The highest BCUT2D eigenvalue weighted by Crippen LogP contribution is 1.98. The summed E-state index contributed by atoms with van der Waals surface area (Å²) in [5.74, 6) is -0.234. The van der Waals surface area contributed by atoms with E-state index in [9.17, 15) is 4.79 Å². The third-order valence-electron chi connectivity index (χ3n) is 1.52. The molecule has 0 amide bonds. The Bertz CT molecular complexity index is 268. The maximum atomic E-state index is 11.2. The van der Waals surface area contributed by atoms with Crippen molar-refractivity contribution in [3.05, 3.63) is 0 Å². The van der Waals surface area contributed by atoms with Gasteiger partial charge in [0, 0.05) is 6.42 Å². The van der Waals surface area contributed by atoms with E-state index >= 15 is 0 Å². The fourth-order valence-electron chi connectivity index (χ4n) is 0.897. The van der Waals surface area contributed by atoms with Crippen LogP contribution in [0.3, 0.4) is 0 Å². The van der Waals surface area contributed by atoms with Gasteiger partial charge in [0.15, 0.2) is 5.90 Å². The molecule has 15 heavy (non-hydrogen) atoms. The fraction of sp³-hybridized carbons (Fsp3) is 0.700. The van der Waals surface area contributed by atoms with Gasteiger partial charge in [0.2, 0.25) is 6.04 Å². The molecule has 0 radical (unpaired) electrons. The van der Waals surface area contributed by atoms with Crippen molar-refractivity contribution in [3.63, 3.8) is 0 Å². The van der Waals surface area contributed by atoms with Crippen molar-refractivity contribution in [1.82, 2.24) is 0 Å². The minimum Gasteiger partial charge on any atom is -0.481 e. The highest BCUT2D eigenvalue weighted by Gasteiger charge is 2.18. The Hall–Kier alpha value is -1.57. The number of nitriles is 1. The van der Waals surface area contributed by atoms with Gasteiger partial charge in [0.1, 0.15) is 6.07 Å². The number of ether oxygens (including phenoxy) is 2. The standard InChI is InChI=1S/C10H16N2O3/c1-4-9(14-5-2)12-8(7-11)10(13)15-6-3/h8H,4-6H2,1-3H3. The second-order valence-corrected chi connectivity index (χ2v) is 2.59. The van der Waals surface area contributed by atoms with Crippen molar-refractivity contribution in [2.75, 3.05) is 13.2 Å². The minimum absolute atomic E-state index is 0.239. The van der Waals surface area contributed by atoms with Crippen LogP contribution >= 0.6 is 0 Å². The molecule has 0 saturated carbocycles. The zero-order valence-electron chi connectivity index (χ0n) is 9.32. The van der Waals surface area contributed by atoms with Gasteiger partial charge in [0.05, 0.1) is 13.2 Å². The average Bonchev–Trinajstić information content (AvgIpc) is 2.24. The van der Waals surface area contributed by atoms with Crippen LogP contribution in [0.15, 0.2) is 4.99 Å². The summed E-state index contributed by atoms with van der Waals surface area (Å²) in [5, 5.41) is 8.72. The first-order valence-electron chi connectivity index (χ1n) is 4.95. The van der Waals surface area contributed by atoms with E-state index in [0.717, 1.165) is 0 Å². The molecule has 5 heteroatoms. The molecule has 84 valence electrons. The van der Waals surface area contributed by atoms with Gasteiger partial charge >= 0.3 is 5.97 Å². The van der Waals surface area contributed by atoms with E-state index in [2.05, 4.69) is 4.99 Å². The van der Waals surface area contributed by atoms with Gasteiger partial charge in [-0.3, -0.25) is 0 Å². The average molecular weight is 212 g/mol. The first-order valence-corrected chi connectivity index (χ1v) is 4.95. The Morgan fingerprint density at radius 2 is 1.93 bits per heavy atom. The molecule has 0 aliphatic rings. The number of aliphatic imine (C=N–C) groups is 1. The SMILES string of the molecule is CCOC(=O)C(C#N)N=C(CC)OCC. The zero-order valence-corrected chi connectivity index (χ0v) is 9.32. The van der Waals surface area contributed by atoms with Crippen LogP contribution in [-0.2, 0) is 14.3 Å². The van der Waals surface area contributed by atoms with Gasteiger partial charge in [-0.25, -0.2) is 9.79 Å². The number of esters is 1. The Morgan fingerprint density at radius 3 is 2.33 bits per heavy atom. The van der Waals surface area contributed by atoms with Crippen LogP contribution in [0.2, 0.25) is 0 Å². The van der Waals surface area contributed by atoms with E-state index in [0.29, 0.717) is 18.9 Å². The predicted octanol–water partition coefficient (Wildman–Crippen LogP) is 1.29. The second kappa shape index (κ2) is 7.80. The molecule has 5 nitrogen and oxygen atoms in total. The molecule has 0 heterocycles. The normalized spacial score (nSPS) is 12.8. The number of carbonyl (C=O) groups is 1. The third kappa shape index (κ3) is 5.01. The predicted molar refractivity (Wildman–Crippen MR) is 55.4 cm³/mol. The van der Waals surface area contributed by atoms with Gasteiger partial charge in [-0.1, -0.05) is 6.92 Å². The molecule has 0 rings (SSSR count). The van der Waals surface area contributed by atoms with E-state index in [1.807, 2.05) is 13.8 Å². The lowest BCUT2D eigenvalue weighted by molar-refractivity contribution is -0.143. The molecular formula is C10H16N2O3. The van der Waals surface area contributed by atoms with Crippen LogP contribution in [0.5, 0.6) is 0 Å². The first kappa shape index (κ1) is 13.4. The van der Waals surface area contributed by atoms with Crippen LogP contribution in [0.4, 0.5) is 0 Å². The molecule has 0 aromatic heterocycles. The smallest absolute Gasteiger partial charge is 0.345 e. The Kier molecular flexibility index (Phi) is 6.98. The lowest BCUT2D eigenvalue weighted by Gasteiger charge is -2.07. The summed E-state index contributed by atoms with van der Waals surface area (Å²) in [6.45, 7) is 6.04. The molecular weight excluding hydrogens is 196 g/mol. The van der Waals surface area contributed by atoms with Crippen molar-refractivity contribution >= 4 is 11.9 Å². The van der Waals surface area contributed by atoms with Crippen molar-refractivity contribution < 1.29 is 14.3 Å². The van der Waals surface area contributed by atoms with Crippen LogP contribution in [0, 0.1) is 11.3 Å². The van der Waals surface area contributed by atoms with Crippen LogP contribution in [0.1, 0.15) is 27.2 Å².